The highest BCUT2D eigenvalue weighted by atomic mass is 16.3. The zero-order valence-electron chi connectivity index (χ0n) is 18.4. The Kier molecular flexibility index (Phi) is 8.36. The SMILES string of the molecule is CN1C(=O)[C@@](CCC2CCCCC2)(C[C@@H]2CCC[C@@H](NCCCCO)C2)N=C1N. The van der Waals surface area contributed by atoms with Crippen molar-refractivity contribution >= 4 is 11.9 Å². The zero-order valence-corrected chi connectivity index (χ0v) is 18.4. The van der Waals surface area contributed by atoms with Crippen molar-refractivity contribution in [3.05, 3.63) is 0 Å². The Morgan fingerprint density at radius 3 is 2.59 bits per heavy atom. The summed E-state index contributed by atoms with van der Waals surface area (Å²) >= 11 is 0. The van der Waals surface area contributed by atoms with Gasteiger partial charge < -0.3 is 16.2 Å². The molecule has 6 nitrogen and oxygen atoms in total. The van der Waals surface area contributed by atoms with Gasteiger partial charge >= 0.3 is 0 Å². The van der Waals surface area contributed by atoms with Crippen LogP contribution in [0.3, 0.4) is 0 Å². The molecule has 1 heterocycles. The molecular formula is C23H42N4O2. The molecule has 3 atom stereocenters. The van der Waals surface area contributed by atoms with E-state index in [0.29, 0.717) is 17.9 Å². The summed E-state index contributed by atoms with van der Waals surface area (Å²) in [5, 5.41) is 12.6. The van der Waals surface area contributed by atoms with E-state index in [9.17, 15) is 4.79 Å². The zero-order chi connectivity index (χ0) is 20.7. The van der Waals surface area contributed by atoms with Gasteiger partial charge in [-0.1, -0.05) is 44.9 Å². The lowest BCUT2D eigenvalue weighted by Gasteiger charge is -2.35. The van der Waals surface area contributed by atoms with E-state index < -0.39 is 5.54 Å². The molecule has 2 aliphatic carbocycles. The van der Waals surface area contributed by atoms with Gasteiger partial charge in [0.05, 0.1) is 0 Å². The molecule has 0 radical (unpaired) electrons. The molecule has 6 heteroatoms. The van der Waals surface area contributed by atoms with Gasteiger partial charge in [-0.05, 0) is 63.3 Å². The number of nitrogens with one attached hydrogen (secondary N) is 1. The minimum absolute atomic E-state index is 0.115. The number of carbonyl (C=O) groups is 1. The van der Waals surface area contributed by atoms with Gasteiger partial charge in [0.15, 0.2) is 5.96 Å². The van der Waals surface area contributed by atoms with Gasteiger partial charge in [-0.15, -0.1) is 0 Å². The standard InChI is InChI=1S/C23H42N4O2/c1-27-21(29)23(26-22(27)24,13-12-18-8-3-2-4-9-18)17-19-10-7-11-20(16-19)25-14-5-6-15-28/h18-20,25,28H,2-17H2,1H3,(H2,24,26)/t19-,20-,23-/m1/s1. The summed E-state index contributed by atoms with van der Waals surface area (Å²) < 4.78 is 0. The second-order valence-electron chi connectivity index (χ2n) is 9.73. The monoisotopic (exact) mass is 406 g/mol. The number of hydrogen-bond donors (Lipinski definition) is 3. The van der Waals surface area contributed by atoms with Crippen molar-refractivity contribution in [3.8, 4) is 0 Å². The summed E-state index contributed by atoms with van der Waals surface area (Å²) in [6.45, 7) is 1.24. The van der Waals surface area contributed by atoms with Gasteiger partial charge in [0, 0.05) is 19.7 Å². The minimum Gasteiger partial charge on any atom is -0.396 e. The number of hydrogen-bond acceptors (Lipinski definition) is 5. The highest BCUT2D eigenvalue weighted by Gasteiger charge is 2.47. The van der Waals surface area contributed by atoms with E-state index in [0.717, 1.165) is 51.0 Å². The third kappa shape index (κ3) is 5.94. The first-order chi connectivity index (χ1) is 14.0. The Labute approximate surface area is 176 Å². The lowest BCUT2D eigenvalue weighted by atomic mass is 9.74. The molecule has 0 saturated heterocycles. The van der Waals surface area contributed by atoms with E-state index in [4.69, 9.17) is 15.8 Å². The Balaban J connectivity index is 1.60. The van der Waals surface area contributed by atoms with Crippen molar-refractivity contribution in [1.29, 1.82) is 0 Å². The van der Waals surface area contributed by atoms with Gasteiger partial charge in [-0.2, -0.15) is 0 Å². The largest absolute Gasteiger partial charge is 0.396 e. The predicted octanol–water partition coefficient (Wildman–Crippen LogP) is 3.18. The maximum absolute atomic E-state index is 13.2. The molecule has 1 aliphatic heterocycles. The van der Waals surface area contributed by atoms with Crippen LogP contribution in [0, 0.1) is 11.8 Å². The van der Waals surface area contributed by atoms with E-state index in [1.165, 1.54) is 51.4 Å². The highest BCUT2D eigenvalue weighted by molar-refractivity contribution is 6.06. The molecule has 0 aromatic heterocycles. The van der Waals surface area contributed by atoms with Crippen molar-refractivity contribution in [3.63, 3.8) is 0 Å². The van der Waals surface area contributed by atoms with E-state index in [2.05, 4.69) is 5.32 Å². The van der Waals surface area contributed by atoms with Crippen LogP contribution in [0.25, 0.3) is 0 Å². The Bertz CT molecular complexity index is 561. The number of aliphatic hydroxyl groups is 1. The van der Waals surface area contributed by atoms with Crippen LogP contribution in [0.4, 0.5) is 0 Å². The van der Waals surface area contributed by atoms with Crippen LogP contribution in [0.1, 0.15) is 89.9 Å². The number of likely N-dealkylation sites (N-methyl/N-ethyl adjacent to an activating group) is 1. The van der Waals surface area contributed by atoms with Gasteiger partial charge in [0.2, 0.25) is 0 Å². The van der Waals surface area contributed by atoms with Crippen LogP contribution in [0.2, 0.25) is 0 Å². The number of rotatable bonds is 10. The maximum atomic E-state index is 13.2. The quantitative estimate of drug-likeness (QED) is 0.486. The molecule has 4 N–H and O–H groups in total. The summed E-state index contributed by atoms with van der Waals surface area (Å²) in [7, 11) is 1.77. The maximum Gasteiger partial charge on any atom is 0.257 e. The van der Waals surface area contributed by atoms with Crippen molar-refractivity contribution in [1.82, 2.24) is 10.2 Å². The van der Waals surface area contributed by atoms with Crippen LogP contribution in [0.5, 0.6) is 0 Å². The topological polar surface area (TPSA) is 91.0 Å². The molecule has 0 aromatic carbocycles. The van der Waals surface area contributed by atoms with Gasteiger partial charge in [-0.3, -0.25) is 9.69 Å². The fourth-order valence-corrected chi connectivity index (χ4v) is 5.76. The van der Waals surface area contributed by atoms with E-state index in [-0.39, 0.29) is 12.5 Å². The Morgan fingerprint density at radius 1 is 1.14 bits per heavy atom. The number of amides is 1. The lowest BCUT2D eigenvalue weighted by Crippen LogP contribution is -2.45. The summed E-state index contributed by atoms with van der Waals surface area (Å²) in [6.07, 6.45) is 16.1. The first kappa shape index (κ1) is 22.5. The summed E-state index contributed by atoms with van der Waals surface area (Å²) in [5.41, 5.74) is 5.48. The van der Waals surface area contributed by atoms with Crippen LogP contribution in [0.15, 0.2) is 4.99 Å². The first-order valence-electron chi connectivity index (χ1n) is 12.0. The van der Waals surface area contributed by atoms with Crippen molar-refractivity contribution in [2.24, 2.45) is 22.6 Å². The minimum atomic E-state index is -0.625. The van der Waals surface area contributed by atoms with Crippen LogP contribution in [-0.4, -0.2) is 53.7 Å². The number of guanidine groups is 1. The van der Waals surface area contributed by atoms with Crippen LogP contribution < -0.4 is 11.1 Å². The molecule has 3 aliphatic rings. The van der Waals surface area contributed by atoms with Gasteiger partial charge in [0.1, 0.15) is 5.54 Å². The van der Waals surface area contributed by atoms with Crippen LogP contribution in [-0.2, 0) is 4.79 Å². The Hall–Kier alpha value is -1.14. The molecule has 1 amide bonds. The number of carbonyl (C=O) groups excluding carboxylic acids is 1. The van der Waals surface area contributed by atoms with Gasteiger partial charge in [0.25, 0.3) is 5.91 Å². The van der Waals surface area contributed by atoms with Crippen molar-refractivity contribution < 1.29 is 9.90 Å². The number of nitrogens with zero attached hydrogens (tertiary/aromatic N) is 2. The lowest BCUT2D eigenvalue weighted by molar-refractivity contribution is -0.131. The van der Waals surface area contributed by atoms with E-state index in [1.54, 1.807) is 11.9 Å². The molecule has 166 valence electrons. The summed E-state index contributed by atoms with van der Waals surface area (Å²) in [5.74, 6) is 1.79. The third-order valence-corrected chi connectivity index (χ3v) is 7.49. The van der Waals surface area contributed by atoms with E-state index in [1.807, 2.05) is 0 Å². The number of aliphatic imine (C=N–C) groups is 1. The normalized spacial score (nSPS) is 31.3. The highest BCUT2D eigenvalue weighted by Crippen LogP contribution is 2.40. The smallest absolute Gasteiger partial charge is 0.257 e. The molecule has 0 spiro atoms. The summed E-state index contributed by atoms with van der Waals surface area (Å²) in [6, 6.07) is 0.526. The summed E-state index contributed by atoms with van der Waals surface area (Å²) in [4.78, 5) is 19.6. The van der Waals surface area contributed by atoms with Crippen molar-refractivity contribution in [2.75, 3.05) is 20.2 Å². The van der Waals surface area contributed by atoms with Crippen LogP contribution >= 0.6 is 0 Å². The molecule has 3 rings (SSSR count). The fraction of sp³-hybridized carbons (Fsp3) is 0.913. The molecule has 2 saturated carbocycles. The fourth-order valence-electron chi connectivity index (χ4n) is 5.76. The van der Waals surface area contributed by atoms with Gasteiger partial charge in [-0.25, -0.2) is 4.99 Å². The average molecular weight is 407 g/mol. The molecular weight excluding hydrogens is 364 g/mol. The number of aliphatic hydroxyl groups excluding tert-OH is 1. The molecule has 0 aromatic rings. The molecule has 2 fully saturated rings. The number of nitrogens with two attached hydrogens (primary N) is 1. The first-order valence-corrected chi connectivity index (χ1v) is 12.0. The number of unbranched alkanes of at least 4 members (excludes halogenated alkanes) is 1. The van der Waals surface area contributed by atoms with E-state index >= 15 is 0 Å². The molecule has 0 bridgehead atoms. The predicted molar refractivity (Wildman–Crippen MR) is 118 cm³/mol. The second kappa shape index (κ2) is 10.8. The molecule has 29 heavy (non-hydrogen) atoms. The third-order valence-electron chi connectivity index (χ3n) is 7.49. The second-order valence-corrected chi connectivity index (χ2v) is 9.73. The molecule has 0 unspecified atom stereocenters. The average Bonchev–Trinajstić information content (AvgIpc) is 2.95. The van der Waals surface area contributed by atoms with Crippen molar-refractivity contribution in [2.45, 2.75) is 101 Å². The Morgan fingerprint density at radius 2 is 1.90 bits per heavy atom.